The number of aryl methyl sites for hydroxylation is 1. The number of nitrogens with zero attached hydrogens (tertiary/aromatic N) is 4. The van der Waals surface area contributed by atoms with Crippen LogP contribution >= 0.6 is 0 Å². The van der Waals surface area contributed by atoms with E-state index in [1.807, 2.05) is 38.1 Å². The third-order valence-corrected chi connectivity index (χ3v) is 5.83. The van der Waals surface area contributed by atoms with Gasteiger partial charge in [0.25, 0.3) is 0 Å². The van der Waals surface area contributed by atoms with Gasteiger partial charge < -0.3 is 9.84 Å². The molecule has 0 bridgehead atoms. The lowest BCUT2D eigenvalue weighted by atomic mass is 9.95. The number of hydrogen-bond acceptors (Lipinski definition) is 7. The van der Waals surface area contributed by atoms with E-state index in [0.29, 0.717) is 5.69 Å². The molecular formula is C22H29N5O4S. The molecule has 3 rings (SSSR count). The number of rotatable bonds is 8. The van der Waals surface area contributed by atoms with Gasteiger partial charge in [0.1, 0.15) is 10.6 Å². The second-order valence-electron chi connectivity index (χ2n) is 8.83. The Morgan fingerprint density at radius 2 is 1.91 bits per heavy atom. The van der Waals surface area contributed by atoms with Crippen LogP contribution < -0.4 is 9.88 Å². The molecule has 0 atom stereocenters. The molecule has 0 amide bonds. The van der Waals surface area contributed by atoms with Crippen molar-refractivity contribution in [2.24, 2.45) is 17.6 Å². The van der Waals surface area contributed by atoms with Gasteiger partial charge in [-0.25, -0.2) is 18.5 Å². The van der Waals surface area contributed by atoms with Crippen molar-refractivity contribution in [3.63, 3.8) is 0 Å². The maximum Gasteiger partial charge on any atom is 0.241 e. The van der Waals surface area contributed by atoms with Crippen molar-refractivity contribution in [1.29, 1.82) is 0 Å². The van der Waals surface area contributed by atoms with Crippen molar-refractivity contribution in [3.8, 4) is 28.7 Å². The van der Waals surface area contributed by atoms with Crippen molar-refractivity contribution < 1.29 is 18.3 Å². The van der Waals surface area contributed by atoms with Crippen LogP contribution in [0.2, 0.25) is 0 Å². The molecule has 1 aromatic carbocycles. The number of benzene rings is 1. The first kappa shape index (κ1) is 23.8. The molecule has 0 fully saturated rings. The third kappa shape index (κ3) is 5.32. The van der Waals surface area contributed by atoms with Gasteiger partial charge in [0.15, 0.2) is 5.82 Å². The maximum absolute atomic E-state index is 12.1. The van der Waals surface area contributed by atoms with E-state index in [1.54, 1.807) is 13.1 Å². The summed E-state index contributed by atoms with van der Waals surface area (Å²) in [6.45, 7) is 8.03. The van der Waals surface area contributed by atoms with Gasteiger partial charge in [-0.15, -0.1) is 0 Å². The lowest BCUT2D eigenvalue weighted by Crippen LogP contribution is -2.25. The smallest absolute Gasteiger partial charge is 0.241 e. The second-order valence-corrected chi connectivity index (χ2v) is 10.4. The van der Waals surface area contributed by atoms with Gasteiger partial charge in [-0.1, -0.05) is 52.0 Å². The van der Waals surface area contributed by atoms with Gasteiger partial charge in [-0.3, -0.25) is 4.68 Å². The summed E-state index contributed by atoms with van der Waals surface area (Å²) in [5.41, 5.74) is 2.09. The van der Waals surface area contributed by atoms with Crippen molar-refractivity contribution >= 4 is 10.0 Å². The minimum Gasteiger partial charge on any atom is -0.477 e. The van der Waals surface area contributed by atoms with Crippen LogP contribution in [-0.4, -0.2) is 46.5 Å². The van der Waals surface area contributed by atoms with Crippen LogP contribution in [0.5, 0.6) is 5.88 Å². The Labute approximate surface area is 188 Å². The zero-order valence-electron chi connectivity index (χ0n) is 18.9. The maximum atomic E-state index is 12.1. The van der Waals surface area contributed by atoms with E-state index in [9.17, 15) is 13.5 Å². The first-order valence-corrected chi connectivity index (χ1v) is 11.7. The lowest BCUT2D eigenvalue weighted by molar-refractivity contribution is 0.0951. The highest BCUT2D eigenvalue weighted by Gasteiger charge is 2.24. The number of nitrogens with two attached hydrogens (primary N) is 1. The molecule has 3 N–H and O–H groups in total. The quantitative estimate of drug-likeness (QED) is 0.529. The van der Waals surface area contributed by atoms with Crippen LogP contribution in [-0.2, 0) is 17.1 Å². The van der Waals surface area contributed by atoms with Crippen LogP contribution in [0.1, 0.15) is 39.2 Å². The fourth-order valence-corrected chi connectivity index (χ4v) is 3.82. The average Bonchev–Trinajstić information content (AvgIpc) is 3.14. The zero-order chi connectivity index (χ0) is 23.7. The molecule has 0 unspecified atom stereocenters. The van der Waals surface area contributed by atoms with Crippen LogP contribution in [0, 0.1) is 5.41 Å². The minimum absolute atomic E-state index is 0.0464. The highest BCUT2D eigenvalue weighted by molar-refractivity contribution is 7.89. The molecule has 0 saturated heterocycles. The summed E-state index contributed by atoms with van der Waals surface area (Å²) in [5, 5.41) is 19.2. The molecule has 0 aliphatic heterocycles. The van der Waals surface area contributed by atoms with Crippen LogP contribution in [0.25, 0.3) is 22.8 Å². The van der Waals surface area contributed by atoms with Gasteiger partial charge in [-0.2, -0.15) is 10.1 Å². The highest BCUT2D eigenvalue weighted by atomic mass is 32.2. The van der Waals surface area contributed by atoms with Gasteiger partial charge in [0.2, 0.25) is 15.9 Å². The number of hydrogen-bond donors (Lipinski definition) is 2. The Morgan fingerprint density at radius 1 is 1.22 bits per heavy atom. The monoisotopic (exact) mass is 459 g/mol. The summed E-state index contributed by atoms with van der Waals surface area (Å²) in [6.07, 6.45) is 1.32. The molecular weight excluding hydrogens is 430 g/mol. The third-order valence-electron chi connectivity index (χ3n) is 4.91. The summed E-state index contributed by atoms with van der Waals surface area (Å²) in [7, 11) is -2.45. The van der Waals surface area contributed by atoms with Crippen LogP contribution in [0.15, 0.2) is 41.4 Å². The predicted molar refractivity (Wildman–Crippen MR) is 121 cm³/mol. The summed E-state index contributed by atoms with van der Waals surface area (Å²) in [5.74, 6) is 0.565. The molecule has 2 aromatic heterocycles. The SMILES string of the molecule is CC(C)c1ccccc1-c1cc(OCC(C)(C)CO)nc(-c2nn(C)cc2S(N)(=O)=O)n1. The summed E-state index contributed by atoms with van der Waals surface area (Å²) in [6, 6.07) is 9.54. The van der Waals surface area contributed by atoms with Gasteiger partial charge in [0.05, 0.1) is 18.9 Å². The molecule has 0 radical (unpaired) electrons. The standard InChI is InChI=1S/C22H29N5O4S/c1-14(2)15-8-6-7-9-16(15)17-10-19(31-13-22(3,4)12-28)25-21(24-17)20-18(32(23,29)30)11-27(5)26-20/h6-11,14,28H,12-13H2,1-5H3,(H2,23,29,30). The van der Waals surface area contributed by atoms with Crippen molar-refractivity contribution in [1.82, 2.24) is 19.7 Å². The van der Waals surface area contributed by atoms with Gasteiger partial charge in [0, 0.05) is 30.3 Å². The summed E-state index contributed by atoms with van der Waals surface area (Å²) < 4.78 is 31.5. The molecule has 32 heavy (non-hydrogen) atoms. The second kappa shape index (κ2) is 8.97. The summed E-state index contributed by atoms with van der Waals surface area (Å²) >= 11 is 0. The molecule has 10 heteroatoms. The molecule has 2 heterocycles. The van der Waals surface area contributed by atoms with E-state index in [2.05, 4.69) is 28.9 Å². The number of ether oxygens (including phenoxy) is 1. The number of primary sulfonamides is 1. The van der Waals surface area contributed by atoms with Gasteiger partial charge in [-0.05, 0) is 11.5 Å². The predicted octanol–water partition coefficient (Wildman–Crippen LogP) is 2.71. The first-order valence-electron chi connectivity index (χ1n) is 10.2. The summed E-state index contributed by atoms with van der Waals surface area (Å²) in [4.78, 5) is 8.88. The average molecular weight is 460 g/mol. The molecule has 0 aliphatic rings. The molecule has 0 saturated carbocycles. The van der Waals surface area contributed by atoms with E-state index in [0.717, 1.165) is 11.1 Å². The Balaban J connectivity index is 2.21. The normalized spacial score (nSPS) is 12.4. The fourth-order valence-electron chi connectivity index (χ4n) is 3.12. The van der Waals surface area contributed by atoms with E-state index < -0.39 is 15.4 Å². The highest BCUT2D eigenvalue weighted by Crippen LogP contribution is 2.32. The topological polar surface area (TPSA) is 133 Å². The molecule has 3 aromatic rings. The lowest BCUT2D eigenvalue weighted by Gasteiger charge is -2.21. The Bertz CT molecular complexity index is 1220. The Hall–Kier alpha value is -2.82. The van der Waals surface area contributed by atoms with Crippen LogP contribution in [0.4, 0.5) is 0 Å². The van der Waals surface area contributed by atoms with E-state index in [4.69, 9.17) is 9.88 Å². The largest absolute Gasteiger partial charge is 0.477 e. The molecule has 0 spiro atoms. The number of sulfonamides is 1. The first-order chi connectivity index (χ1) is 14.9. The Kier molecular flexibility index (Phi) is 6.68. The van der Waals surface area contributed by atoms with Gasteiger partial charge >= 0.3 is 0 Å². The van der Waals surface area contributed by atoms with E-state index in [-0.39, 0.29) is 41.4 Å². The van der Waals surface area contributed by atoms with E-state index >= 15 is 0 Å². The number of aromatic nitrogens is 4. The van der Waals surface area contributed by atoms with Crippen molar-refractivity contribution in [2.75, 3.05) is 13.2 Å². The molecule has 0 aliphatic carbocycles. The number of aliphatic hydroxyl groups is 1. The Morgan fingerprint density at radius 3 is 2.53 bits per heavy atom. The van der Waals surface area contributed by atoms with Crippen molar-refractivity contribution in [3.05, 3.63) is 42.1 Å². The fraction of sp³-hybridized carbons (Fsp3) is 0.409. The van der Waals surface area contributed by atoms with Crippen LogP contribution in [0.3, 0.4) is 0 Å². The van der Waals surface area contributed by atoms with E-state index in [1.165, 1.54) is 10.9 Å². The minimum atomic E-state index is -4.05. The number of aliphatic hydroxyl groups excluding tert-OH is 1. The zero-order valence-corrected chi connectivity index (χ0v) is 19.7. The molecule has 9 nitrogen and oxygen atoms in total. The molecule has 172 valence electrons. The van der Waals surface area contributed by atoms with Crippen molar-refractivity contribution in [2.45, 2.75) is 38.5 Å².